The number of hydrogen-bond acceptors (Lipinski definition) is 7. The van der Waals surface area contributed by atoms with Crippen molar-refractivity contribution >= 4 is 17.7 Å². The molecule has 0 unspecified atom stereocenters. The zero-order valence-electron chi connectivity index (χ0n) is 18.2. The standard InChI is InChI=1S/C22H25FN2O7/c1-5-30-20(26)18(24-21(27)32-22(2,3)4)19(14-9-7-6-8-10-14)31-17-12-11-15(23)13-16(17)25(28)29/h6-13,18-19H,5H2,1-4H3,(H,24,27)/t18-,19+/m0/s1. The van der Waals surface area contributed by atoms with E-state index in [4.69, 9.17) is 14.2 Å². The molecule has 0 spiro atoms. The number of rotatable bonds is 8. The van der Waals surface area contributed by atoms with Crippen molar-refractivity contribution in [3.63, 3.8) is 0 Å². The molecule has 0 aliphatic heterocycles. The number of esters is 1. The second-order valence-corrected chi connectivity index (χ2v) is 7.69. The summed E-state index contributed by atoms with van der Waals surface area (Å²) in [4.78, 5) is 35.8. The zero-order valence-corrected chi connectivity index (χ0v) is 18.2. The van der Waals surface area contributed by atoms with Crippen LogP contribution in [-0.2, 0) is 14.3 Å². The van der Waals surface area contributed by atoms with Crippen LogP contribution in [0.15, 0.2) is 48.5 Å². The van der Waals surface area contributed by atoms with Gasteiger partial charge in [0.15, 0.2) is 17.9 Å². The fraction of sp³-hybridized carbons (Fsp3) is 0.364. The third kappa shape index (κ3) is 6.93. The SMILES string of the molecule is CCOC(=O)[C@@H](NC(=O)OC(C)(C)C)[C@H](Oc1ccc(F)cc1[N+](=O)[O-])c1ccccc1. The monoisotopic (exact) mass is 448 g/mol. The molecule has 2 atom stereocenters. The van der Waals surface area contributed by atoms with Gasteiger partial charge in [-0.1, -0.05) is 30.3 Å². The predicted molar refractivity (Wildman–Crippen MR) is 113 cm³/mol. The number of carbonyl (C=O) groups excluding carboxylic acids is 2. The van der Waals surface area contributed by atoms with E-state index in [1.54, 1.807) is 58.0 Å². The van der Waals surface area contributed by atoms with Crippen LogP contribution < -0.4 is 10.1 Å². The van der Waals surface area contributed by atoms with E-state index < -0.39 is 46.2 Å². The Kier molecular flexibility index (Phi) is 8.11. The summed E-state index contributed by atoms with van der Waals surface area (Å²) in [6.07, 6.45) is -2.15. The molecular weight excluding hydrogens is 423 g/mol. The first-order chi connectivity index (χ1) is 15.0. The molecule has 0 aromatic heterocycles. The summed E-state index contributed by atoms with van der Waals surface area (Å²) in [7, 11) is 0. The summed E-state index contributed by atoms with van der Waals surface area (Å²) in [5.74, 6) is -1.95. The van der Waals surface area contributed by atoms with E-state index in [1.807, 2.05) is 0 Å². The lowest BCUT2D eigenvalue weighted by molar-refractivity contribution is -0.386. The zero-order chi connectivity index (χ0) is 23.9. The highest BCUT2D eigenvalue weighted by Crippen LogP contribution is 2.33. The number of nitro benzene ring substituents is 1. The van der Waals surface area contributed by atoms with Crippen molar-refractivity contribution in [3.8, 4) is 5.75 Å². The van der Waals surface area contributed by atoms with Crippen molar-refractivity contribution in [3.05, 3.63) is 70.0 Å². The number of ether oxygens (including phenoxy) is 3. The molecule has 9 nitrogen and oxygen atoms in total. The van der Waals surface area contributed by atoms with Crippen molar-refractivity contribution in [1.82, 2.24) is 5.32 Å². The number of hydrogen-bond donors (Lipinski definition) is 1. The lowest BCUT2D eigenvalue weighted by atomic mass is 10.0. The Bertz CT molecular complexity index is 960. The first kappa shape index (κ1) is 24.6. The van der Waals surface area contributed by atoms with Crippen LogP contribution in [0.4, 0.5) is 14.9 Å². The van der Waals surface area contributed by atoms with Crippen LogP contribution in [0.25, 0.3) is 0 Å². The lowest BCUT2D eigenvalue weighted by Gasteiger charge is -2.28. The second kappa shape index (κ2) is 10.6. The fourth-order valence-corrected chi connectivity index (χ4v) is 2.77. The Hall–Kier alpha value is -3.69. The van der Waals surface area contributed by atoms with Crippen molar-refractivity contribution < 1.29 is 33.1 Å². The fourth-order valence-electron chi connectivity index (χ4n) is 2.77. The molecule has 2 rings (SSSR count). The van der Waals surface area contributed by atoms with E-state index in [0.717, 1.165) is 12.1 Å². The van der Waals surface area contributed by atoms with Crippen molar-refractivity contribution in [2.45, 2.75) is 45.4 Å². The maximum atomic E-state index is 13.6. The molecule has 0 bridgehead atoms. The van der Waals surface area contributed by atoms with E-state index in [-0.39, 0.29) is 12.4 Å². The molecule has 10 heteroatoms. The molecule has 32 heavy (non-hydrogen) atoms. The summed E-state index contributed by atoms with van der Waals surface area (Å²) in [6, 6.07) is 9.65. The number of amides is 1. The van der Waals surface area contributed by atoms with Gasteiger partial charge in [-0.05, 0) is 45.4 Å². The molecule has 0 heterocycles. The van der Waals surface area contributed by atoms with Gasteiger partial charge in [-0.15, -0.1) is 0 Å². The molecule has 2 aromatic rings. The smallest absolute Gasteiger partial charge is 0.408 e. The largest absolute Gasteiger partial charge is 0.476 e. The molecule has 1 amide bonds. The van der Waals surface area contributed by atoms with Crippen LogP contribution in [0.5, 0.6) is 5.75 Å². The Morgan fingerprint density at radius 1 is 1.16 bits per heavy atom. The van der Waals surface area contributed by atoms with E-state index in [2.05, 4.69) is 5.32 Å². The topological polar surface area (TPSA) is 117 Å². The van der Waals surface area contributed by atoms with E-state index in [9.17, 15) is 24.1 Å². The van der Waals surface area contributed by atoms with E-state index >= 15 is 0 Å². The second-order valence-electron chi connectivity index (χ2n) is 7.69. The highest BCUT2D eigenvalue weighted by molar-refractivity contribution is 5.82. The van der Waals surface area contributed by atoms with Gasteiger partial charge < -0.3 is 19.5 Å². The molecule has 0 fully saturated rings. The highest BCUT2D eigenvalue weighted by atomic mass is 19.1. The average Bonchev–Trinajstić information content (AvgIpc) is 2.70. The summed E-state index contributed by atoms with van der Waals surface area (Å²) < 4.78 is 29.7. The lowest BCUT2D eigenvalue weighted by Crippen LogP contribution is -2.49. The third-order valence-corrected chi connectivity index (χ3v) is 4.02. The third-order valence-electron chi connectivity index (χ3n) is 4.02. The van der Waals surface area contributed by atoms with Crippen LogP contribution in [0, 0.1) is 15.9 Å². The quantitative estimate of drug-likeness (QED) is 0.363. The molecule has 0 radical (unpaired) electrons. The average molecular weight is 448 g/mol. The number of carbonyl (C=O) groups is 2. The van der Waals surface area contributed by atoms with Crippen LogP contribution in [-0.4, -0.2) is 35.2 Å². The van der Waals surface area contributed by atoms with Gasteiger partial charge in [0.2, 0.25) is 0 Å². The maximum absolute atomic E-state index is 13.6. The van der Waals surface area contributed by atoms with Gasteiger partial charge in [-0.25, -0.2) is 14.0 Å². The van der Waals surface area contributed by atoms with Crippen LogP contribution in [0.3, 0.4) is 0 Å². The Labute approximate surface area is 184 Å². The molecule has 0 saturated heterocycles. The van der Waals surface area contributed by atoms with Gasteiger partial charge in [0.25, 0.3) is 0 Å². The Balaban J connectivity index is 2.51. The van der Waals surface area contributed by atoms with Crippen LogP contribution in [0.2, 0.25) is 0 Å². The molecule has 0 aliphatic rings. The summed E-state index contributed by atoms with van der Waals surface area (Å²) >= 11 is 0. The van der Waals surface area contributed by atoms with Gasteiger partial charge in [-0.3, -0.25) is 10.1 Å². The molecule has 1 N–H and O–H groups in total. The minimum Gasteiger partial charge on any atom is -0.476 e. The number of alkyl carbamates (subject to hydrolysis) is 1. The minimum atomic E-state index is -1.42. The minimum absolute atomic E-state index is 0.0174. The maximum Gasteiger partial charge on any atom is 0.408 e. The summed E-state index contributed by atoms with van der Waals surface area (Å²) in [5, 5.41) is 13.8. The first-order valence-electron chi connectivity index (χ1n) is 9.83. The molecule has 172 valence electrons. The molecule has 0 aliphatic carbocycles. The van der Waals surface area contributed by atoms with E-state index in [1.165, 1.54) is 0 Å². The van der Waals surface area contributed by atoms with Crippen molar-refractivity contribution in [1.29, 1.82) is 0 Å². The first-order valence-corrected chi connectivity index (χ1v) is 9.83. The summed E-state index contributed by atoms with van der Waals surface area (Å²) in [6.45, 7) is 6.56. The van der Waals surface area contributed by atoms with Gasteiger partial charge in [0, 0.05) is 0 Å². The number of benzene rings is 2. The Morgan fingerprint density at radius 2 is 1.81 bits per heavy atom. The molecule has 2 aromatic carbocycles. The Morgan fingerprint density at radius 3 is 2.38 bits per heavy atom. The number of nitro groups is 1. The van der Waals surface area contributed by atoms with Crippen molar-refractivity contribution in [2.75, 3.05) is 6.61 Å². The van der Waals surface area contributed by atoms with Crippen molar-refractivity contribution in [2.24, 2.45) is 0 Å². The number of nitrogens with zero attached hydrogens (tertiary/aromatic N) is 1. The predicted octanol–water partition coefficient (Wildman–Crippen LogP) is 4.31. The van der Waals surface area contributed by atoms with Gasteiger partial charge in [0.1, 0.15) is 11.4 Å². The van der Waals surface area contributed by atoms with E-state index in [0.29, 0.717) is 11.6 Å². The van der Waals surface area contributed by atoms with Crippen LogP contribution in [0.1, 0.15) is 39.4 Å². The van der Waals surface area contributed by atoms with Crippen LogP contribution >= 0.6 is 0 Å². The van der Waals surface area contributed by atoms with Gasteiger partial charge in [0.05, 0.1) is 17.6 Å². The van der Waals surface area contributed by atoms with Gasteiger partial charge in [-0.2, -0.15) is 0 Å². The molecular formula is C22H25FN2O7. The normalized spacial score (nSPS) is 12.9. The molecule has 0 saturated carbocycles. The number of nitrogens with one attached hydrogen (secondary N) is 1. The van der Waals surface area contributed by atoms with Gasteiger partial charge >= 0.3 is 17.7 Å². The highest BCUT2D eigenvalue weighted by Gasteiger charge is 2.37. The summed E-state index contributed by atoms with van der Waals surface area (Å²) in [5.41, 5.74) is -1.06. The number of halogens is 1.